The van der Waals surface area contributed by atoms with Crippen LogP contribution in [0.1, 0.15) is 20.3 Å². The Labute approximate surface area is 89.6 Å². The lowest BCUT2D eigenvalue weighted by Crippen LogP contribution is -1.98. The number of alkyl halides is 1. The minimum absolute atomic E-state index is 0.00231. The highest BCUT2D eigenvalue weighted by Crippen LogP contribution is 2.13. The van der Waals surface area contributed by atoms with Crippen LogP contribution in [0.2, 0.25) is 0 Å². The molecule has 0 spiro atoms. The van der Waals surface area contributed by atoms with Crippen molar-refractivity contribution < 1.29 is 9.90 Å². The summed E-state index contributed by atoms with van der Waals surface area (Å²) in [6.07, 6.45) is 3.55. The Morgan fingerprint density at radius 3 is 2.36 bits per heavy atom. The van der Waals surface area contributed by atoms with Gasteiger partial charge in [-0.2, -0.15) is 0 Å². The fraction of sp³-hybridized carbons (Fsp3) is 0.364. The molecule has 0 aromatic heterocycles. The number of hydrogen-bond acceptors (Lipinski definition) is 1. The first kappa shape index (κ1) is 13.0. The molecule has 14 heavy (non-hydrogen) atoms. The molecule has 0 atom stereocenters. The van der Waals surface area contributed by atoms with Crippen molar-refractivity contribution in [1.29, 1.82) is 0 Å². The van der Waals surface area contributed by atoms with Crippen LogP contribution in [0.5, 0.6) is 0 Å². The van der Waals surface area contributed by atoms with Crippen molar-refractivity contribution >= 4 is 17.6 Å². The van der Waals surface area contributed by atoms with Gasteiger partial charge in [0.1, 0.15) is 0 Å². The molecule has 0 aromatic carbocycles. The molecule has 0 unspecified atom stereocenters. The molecule has 0 amide bonds. The van der Waals surface area contributed by atoms with Gasteiger partial charge in [0.25, 0.3) is 0 Å². The first-order valence-corrected chi connectivity index (χ1v) is 4.80. The van der Waals surface area contributed by atoms with E-state index in [0.717, 1.165) is 16.7 Å². The van der Waals surface area contributed by atoms with Gasteiger partial charge in [-0.3, -0.25) is 4.79 Å². The zero-order valence-corrected chi connectivity index (χ0v) is 9.27. The second-order valence-corrected chi connectivity index (χ2v) is 3.46. The first-order valence-electron chi connectivity index (χ1n) is 4.27. The minimum Gasteiger partial charge on any atom is -0.481 e. The Morgan fingerprint density at radius 1 is 1.43 bits per heavy atom. The monoisotopic (exact) mass is 214 g/mol. The van der Waals surface area contributed by atoms with E-state index in [-0.39, 0.29) is 6.42 Å². The standard InChI is InChI=1S/C11H15ClO2/c1-8(2)4-5-10(6-11(13)14)9(3)7-12/h4-5H,1,6-7H2,2-3H3,(H,13,14). The van der Waals surface area contributed by atoms with Gasteiger partial charge >= 0.3 is 5.97 Å². The number of rotatable bonds is 5. The van der Waals surface area contributed by atoms with Gasteiger partial charge in [0.15, 0.2) is 0 Å². The third-order valence-corrected chi connectivity index (χ3v) is 2.06. The van der Waals surface area contributed by atoms with E-state index < -0.39 is 5.97 Å². The van der Waals surface area contributed by atoms with E-state index in [1.165, 1.54) is 0 Å². The maximum absolute atomic E-state index is 10.5. The summed E-state index contributed by atoms with van der Waals surface area (Å²) in [4.78, 5) is 10.5. The Morgan fingerprint density at radius 2 is 2.00 bits per heavy atom. The summed E-state index contributed by atoms with van der Waals surface area (Å²) < 4.78 is 0. The van der Waals surface area contributed by atoms with Crippen LogP contribution in [0, 0.1) is 0 Å². The molecule has 1 N–H and O–H groups in total. The number of carboxylic acids is 1. The topological polar surface area (TPSA) is 37.3 Å². The summed E-state index contributed by atoms with van der Waals surface area (Å²) in [7, 11) is 0. The SMILES string of the molecule is C=C(C)C=CC(CC(=O)O)=C(C)CCl. The van der Waals surface area contributed by atoms with E-state index in [2.05, 4.69) is 6.58 Å². The van der Waals surface area contributed by atoms with Crippen molar-refractivity contribution in [2.24, 2.45) is 0 Å². The van der Waals surface area contributed by atoms with Gasteiger partial charge in [0, 0.05) is 5.88 Å². The molecule has 0 saturated carbocycles. The zero-order chi connectivity index (χ0) is 11.1. The van der Waals surface area contributed by atoms with Crippen LogP contribution in [-0.2, 0) is 4.79 Å². The van der Waals surface area contributed by atoms with E-state index >= 15 is 0 Å². The zero-order valence-electron chi connectivity index (χ0n) is 8.51. The lowest BCUT2D eigenvalue weighted by molar-refractivity contribution is -0.136. The van der Waals surface area contributed by atoms with E-state index in [4.69, 9.17) is 16.7 Å². The van der Waals surface area contributed by atoms with Crippen LogP contribution in [-0.4, -0.2) is 17.0 Å². The molecule has 0 aliphatic carbocycles. The highest BCUT2D eigenvalue weighted by Gasteiger charge is 2.03. The van der Waals surface area contributed by atoms with Crippen LogP contribution in [0.3, 0.4) is 0 Å². The molecular formula is C11H15ClO2. The summed E-state index contributed by atoms with van der Waals surface area (Å²) >= 11 is 5.64. The largest absolute Gasteiger partial charge is 0.481 e. The Balaban J connectivity index is 4.74. The normalized spacial score (nSPS) is 12.8. The van der Waals surface area contributed by atoms with Gasteiger partial charge in [0.2, 0.25) is 0 Å². The quantitative estimate of drug-likeness (QED) is 0.564. The summed E-state index contributed by atoms with van der Waals surface area (Å²) in [6, 6.07) is 0. The fourth-order valence-electron chi connectivity index (χ4n) is 0.844. The molecule has 0 heterocycles. The Kier molecular flexibility index (Phi) is 5.97. The molecule has 2 nitrogen and oxygen atoms in total. The van der Waals surface area contributed by atoms with Crippen LogP contribution in [0.25, 0.3) is 0 Å². The van der Waals surface area contributed by atoms with Gasteiger partial charge in [-0.1, -0.05) is 29.9 Å². The van der Waals surface area contributed by atoms with Crippen LogP contribution < -0.4 is 0 Å². The molecule has 0 fully saturated rings. The molecule has 78 valence electrons. The Bertz CT molecular complexity index is 288. The van der Waals surface area contributed by atoms with Crippen molar-refractivity contribution in [2.75, 3.05) is 5.88 Å². The summed E-state index contributed by atoms with van der Waals surface area (Å²) in [6.45, 7) is 7.38. The predicted octanol–water partition coefficient (Wildman–Crippen LogP) is 3.15. The van der Waals surface area contributed by atoms with E-state index in [9.17, 15) is 4.79 Å². The van der Waals surface area contributed by atoms with Crippen molar-refractivity contribution in [3.8, 4) is 0 Å². The molecular weight excluding hydrogens is 200 g/mol. The molecule has 0 saturated heterocycles. The smallest absolute Gasteiger partial charge is 0.307 e. The van der Waals surface area contributed by atoms with Crippen molar-refractivity contribution in [3.63, 3.8) is 0 Å². The molecule has 0 aliphatic rings. The lowest BCUT2D eigenvalue weighted by Gasteiger charge is -2.02. The van der Waals surface area contributed by atoms with Crippen molar-refractivity contribution in [1.82, 2.24) is 0 Å². The molecule has 0 rings (SSSR count). The number of halogens is 1. The van der Waals surface area contributed by atoms with Crippen LogP contribution in [0.15, 0.2) is 35.5 Å². The summed E-state index contributed by atoms with van der Waals surface area (Å²) in [5, 5.41) is 8.66. The van der Waals surface area contributed by atoms with Crippen LogP contribution in [0.4, 0.5) is 0 Å². The predicted molar refractivity (Wildman–Crippen MR) is 59.6 cm³/mol. The average Bonchev–Trinajstić information content (AvgIpc) is 2.10. The van der Waals surface area contributed by atoms with Crippen molar-refractivity contribution in [2.45, 2.75) is 20.3 Å². The van der Waals surface area contributed by atoms with Crippen molar-refractivity contribution in [3.05, 3.63) is 35.5 Å². The number of aliphatic carboxylic acids is 1. The molecule has 0 bridgehead atoms. The highest BCUT2D eigenvalue weighted by molar-refractivity contribution is 6.19. The Hall–Kier alpha value is -1.02. The second kappa shape index (κ2) is 6.44. The maximum atomic E-state index is 10.5. The van der Waals surface area contributed by atoms with Crippen LogP contribution >= 0.6 is 11.6 Å². The number of allylic oxidation sites excluding steroid dienone is 4. The first-order chi connectivity index (χ1) is 6.47. The summed E-state index contributed by atoms with van der Waals surface area (Å²) in [5.41, 5.74) is 2.51. The summed E-state index contributed by atoms with van der Waals surface area (Å²) in [5.74, 6) is -0.501. The fourth-order valence-corrected chi connectivity index (χ4v) is 1.02. The molecule has 0 aliphatic heterocycles. The third-order valence-electron chi connectivity index (χ3n) is 1.66. The van der Waals surface area contributed by atoms with Gasteiger partial charge in [-0.25, -0.2) is 0 Å². The minimum atomic E-state index is -0.851. The third kappa shape index (κ3) is 5.60. The maximum Gasteiger partial charge on any atom is 0.307 e. The van der Waals surface area contributed by atoms with Gasteiger partial charge in [0.05, 0.1) is 6.42 Å². The van der Waals surface area contributed by atoms with E-state index in [1.807, 2.05) is 13.8 Å². The number of hydrogen-bond donors (Lipinski definition) is 1. The van der Waals surface area contributed by atoms with Gasteiger partial charge in [-0.15, -0.1) is 11.6 Å². The highest BCUT2D eigenvalue weighted by atomic mass is 35.5. The molecule has 3 heteroatoms. The molecule has 0 aromatic rings. The molecule has 0 radical (unpaired) electrons. The van der Waals surface area contributed by atoms with Gasteiger partial charge < -0.3 is 5.11 Å². The average molecular weight is 215 g/mol. The lowest BCUT2D eigenvalue weighted by atomic mass is 10.1. The number of carbonyl (C=O) groups is 1. The second-order valence-electron chi connectivity index (χ2n) is 3.19. The number of carboxylic acid groups (broad SMARTS) is 1. The van der Waals surface area contributed by atoms with E-state index in [1.54, 1.807) is 12.2 Å². The van der Waals surface area contributed by atoms with E-state index in [0.29, 0.717) is 5.88 Å². The van der Waals surface area contributed by atoms with Gasteiger partial charge in [-0.05, 0) is 19.4 Å².